The number of hydrogen-bond acceptors (Lipinski definition) is 4. The van der Waals surface area contributed by atoms with Crippen LogP contribution in [-0.2, 0) is 12.8 Å². The fourth-order valence-electron chi connectivity index (χ4n) is 2.62. The van der Waals surface area contributed by atoms with Crippen molar-refractivity contribution in [1.29, 1.82) is 0 Å². The van der Waals surface area contributed by atoms with Crippen molar-refractivity contribution in [2.75, 3.05) is 5.32 Å². The number of aromatic carboxylic acids is 1. The van der Waals surface area contributed by atoms with E-state index in [1.54, 1.807) is 24.3 Å². The van der Waals surface area contributed by atoms with Crippen LogP contribution in [0.3, 0.4) is 0 Å². The van der Waals surface area contributed by atoms with E-state index in [2.05, 4.69) is 5.32 Å². The number of thiophene rings is 2. The van der Waals surface area contributed by atoms with Crippen molar-refractivity contribution in [1.82, 2.24) is 0 Å². The molecule has 0 radical (unpaired) electrons. The van der Waals surface area contributed by atoms with Gasteiger partial charge in [-0.2, -0.15) is 0 Å². The molecule has 2 N–H and O–H groups in total. The maximum Gasteiger partial charge on any atom is 0.346 e. The lowest BCUT2D eigenvalue weighted by Gasteiger charge is -2.12. The number of anilines is 1. The van der Waals surface area contributed by atoms with Gasteiger partial charge in [0.25, 0.3) is 5.91 Å². The summed E-state index contributed by atoms with van der Waals surface area (Å²) in [6.45, 7) is 1.74. The first-order valence-corrected chi connectivity index (χ1v) is 8.50. The molecule has 0 aliphatic heterocycles. The number of carbonyl (C=O) groups is 2. The van der Waals surface area contributed by atoms with E-state index in [4.69, 9.17) is 5.11 Å². The highest BCUT2D eigenvalue weighted by molar-refractivity contribution is 7.18. The number of rotatable bonds is 3. The lowest BCUT2D eigenvalue weighted by molar-refractivity contribution is 0.0701. The summed E-state index contributed by atoms with van der Waals surface area (Å²) in [5.74, 6) is -1.08. The predicted molar refractivity (Wildman–Crippen MR) is 84.9 cm³/mol. The van der Waals surface area contributed by atoms with Crippen LogP contribution in [0.2, 0.25) is 0 Å². The summed E-state index contributed by atoms with van der Waals surface area (Å²) in [4.78, 5) is 25.0. The van der Waals surface area contributed by atoms with Crippen LogP contribution in [0, 0.1) is 6.92 Å². The molecule has 0 atom stereocenters. The van der Waals surface area contributed by atoms with E-state index in [-0.39, 0.29) is 10.8 Å². The zero-order valence-electron chi connectivity index (χ0n) is 11.6. The van der Waals surface area contributed by atoms with E-state index in [0.29, 0.717) is 10.6 Å². The lowest BCUT2D eigenvalue weighted by atomic mass is 9.96. The molecule has 0 unspecified atom stereocenters. The summed E-state index contributed by atoms with van der Waals surface area (Å²) in [6.07, 6.45) is 4.35. The van der Waals surface area contributed by atoms with Crippen LogP contribution in [0.5, 0.6) is 0 Å². The first-order chi connectivity index (χ1) is 10.1. The van der Waals surface area contributed by atoms with E-state index < -0.39 is 5.97 Å². The third kappa shape index (κ3) is 2.73. The van der Waals surface area contributed by atoms with Gasteiger partial charge in [-0.25, -0.2) is 4.79 Å². The van der Waals surface area contributed by atoms with Crippen LogP contribution in [0.15, 0.2) is 11.4 Å². The monoisotopic (exact) mass is 321 g/mol. The molecule has 3 rings (SSSR count). The molecule has 0 spiro atoms. The fourth-order valence-corrected chi connectivity index (χ4v) is 4.65. The molecule has 110 valence electrons. The predicted octanol–water partition coefficient (Wildman–Crippen LogP) is 3.95. The lowest BCUT2D eigenvalue weighted by Crippen LogP contribution is -2.13. The number of carboxylic acids is 1. The molecule has 0 fully saturated rings. The van der Waals surface area contributed by atoms with Crippen LogP contribution >= 0.6 is 22.7 Å². The van der Waals surface area contributed by atoms with Crippen molar-refractivity contribution in [3.63, 3.8) is 0 Å². The molecule has 0 saturated carbocycles. The summed E-state index contributed by atoms with van der Waals surface area (Å²) in [5.41, 5.74) is 2.60. The molecule has 2 aromatic heterocycles. The van der Waals surface area contributed by atoms with Crippen molar-refractivity contribution in [3.8, 4) is 0 Å². The molecule has 1 aliphatic rings. The molecule has 21 heavy (non-hydrogen) atoms. The minimum absolute atomic E-state index is 0.132. The Morgan fingerprint density at radius 1 is 1.29 bits per heavy atom. The van der Waals surface area contributed by atoms with Gasteiger partial charge in [0.05, 0.1) is 10.6 Å². The van der Waals surface area contributed by atoms with Crippen molar-refractivity contribution >= 4 is 39.6 Å². The number of fused-ring (bicyclic) bond motifs is 1. The Morgan fingerprint density at radius 3 is 2.76 bits per heavy atom. The molecule has 2 heterocycles. The summed E-state index contributed by atoms with van der Waals surface area (Å²) in [7, 11) is 0. The Bertz CT molecular complexity index is 715. The van der Waals surface area contributed by atoms with Gasteiger partial charge in [0.2, 0.25) is 0 Å². The topological polar surface area (TPSA) is 66.4 Å². The fraction of sp³-hybridized carbons (Fsp3) is 0.333. The van der Waals surface area contributed by atoms with Crippen LogP contribution < -0.4 is 5.32 Å². The number of carbonyl (C=O) groups excluding carboxylic acids is 1. The van der Waals surface area contributed by atoms with Crippen molar-refractivity contribution in [2.45, 2.75) is 32.6 Å². The Balaban J connectivity index is 1.82. The van der Waals surface area contributed by atoms with Gasteiger partial charge in [-0.1, -0.05) is 0 Å². The van der Waals surface area contributed by atoms with Crippen LogP contribution in [0.25, 0.3) is 0 Å². The van der Waals surface area contributed by atoms with Crippen molar-refractivity contribution < 1.29 is 14.7 Å². The number of aryl methyl sites for hydroxylation is 2. The normalized spacial score (nSPS) is 13.8. The van der Waals surface area contributed by atoms with Gasteiger partial charge in [0.15, 0.2) is 0 Å². The summed E-state index contributed by atoms with van der Waals surface area (Å²) in [5, 5.41) is 14.4. The minimum atomic E-state index is -0.953. The largest absolute Gasteiger partial charge is 0.477 e. The molecule has 4 nitrogen and oxygen atoms in total. The Kier molecular flexibility index (Phi) is 3.82. The molecular weight excluding hydrogens is 306 g/mol. The smallest absolute Gasteiger partial charge is 0.346 e. The molecule has 1 aliphatic carbocycles. The first-order valence-electron chi connectivity index (χ1n) is 6.80. The molecule has 2 aromatic rings. The van der Waals surface area contributed by atoms with Crippen molar-refractivity contribution in [2.24, 2.45) is 0 Å². The molecule has 1 amide bonds. The number of amides is 1. The quantitative estimate of drug-likeness (QED) is 0.899. The molecule has 0 aromatic carbocycles. The Morgan fingerprint density at radius 2 is 2.05 bits per heavy atom. The average molecular weight is 321 g/mol. The number of carboxylic acid groups (broad SMARTS) is 1. The minimum Gasteiger partial charge on any atom is -0.477 e. The van der Waals surface area contributed by atoms with Gasteiger partial charge in [-0.05, 0) is 49.8 Å². The molecular formula is C15H15NO3S2. The zero-order valence-corrected chi connectivity index (χ0v) is 13.2. The van der Waals surface area contributed by atoms with E-state index in [1.165, 1.54) is 16.9 Å². The second-order valence-corrected chi connectivity index (χ2v) is 7.16. The summed E-state index contributed by atoms with van der Waals surface area (Å²) >= 11 is 2.76. The van der Waals surface area contributed by atoms with E-state index in [1.807, 2.05) is 5.38 Å². The Labute approximate surface area is 130 Å². The molecule has 0 saturated heterocycles. The number of nitrogens with one attached hydrogen (secondary N) is 1. The third-order valence-corrected chi connectivity index (χ3v) is 5.88. The van der Waals surface area contributed by atoms with Crippen LogP contribution in [0.4, 0.5) is 5.00 Å². The van der Waals surface area contributed by atoms with E-state index in [0.717, 1.165) is 36.2 Å². The summed E-state index contributed by atoms with van der Waals surface area (Å²) < 4.78 is 0. The van der Waals surface area contributed by atoms with Gasteiger partial charge in [-0.15, -0.1) is 22.7 Å². The Hall–Kier alpha value is -1.66. The second-order valence-electron chi connectivity index (χ2n) is 5.14. The first kappa shape index (κ1) is 14.3. The van der Waals surface area contributed by atoms with Gasteiger partial charge in [0, 0.05) is 10.3 Å². The molecule has 6 heteroatoms. The zero-order chi connectivity index (χ0) is 15.0. The SMILES string of the molecule is Cc1cc(NC(=O)c2csc3c2CCCC3)sc1C(=O)O. The highest BCUT2D eigenvalue weighted by Gasteiger charge is 2.21. The summed E-state index contributed by atoms with van der Waals surface area (Å²) in [6, 6.07) is 1.71. The van der Waals surface area contributed by atoms with Crippen LogP contribution in [0.1, 0.15) is 48.9 Å². The van der Waals surface area contributed by atoms with E-state index >= 15 is 0 Å². The van der Waals surface area contributed by atoms with Gasteiger partial charge >= 0.3 is 5.97 Å². The van der Waals surface area contributed by atoms with Gasteiger partial charge in [-0.3, -0.25) is 4.79 Å². The maximum atomic E-state index is 12.4. The standard InChI is InChI=1S/C15H15NO3S2/c1-8-6-12(21-13(8)15(18)19)16-14(17)10-7-20-11-5-3-2-4-9(10)11/h6-7H,2-5H2,1H3,(H,16,17)(H,18,19). The average Bonchev–Trinajstić information content (AvgIpc) is 3.02. The van der Waals surface area contributed by atoms with Crippen LogP contribution in [-0.4, -0.2) is 17.0 Å². The second kappa shape index (κ2) is 5.61. The maximum absolute atomic E-state index is 12.4. The van der Waals surface area contributed by atoms with E-state index in [9.17, 15) is 9.59 Å². The highest BCUT2D eigenvalue weighted by Crippen LogP contribution is 2.32. The highest BCUT2D eigenvalue weighted by atomic mass is 32.1. The third-order valence-electron chi connectivity index (χ3n) is 3.65. The number of hydrogen-bond donors (Lipinski definition) is 2. The van der Waals surface area contributed by atoms with Gasteiger partial charge in [0.1, 0.15) is 4.88 Å². The van der Waals surface area contributed by atoms with Gasteiger partial charge < -0.3 is 10.4 Å². The van der Waals surface area contributed by atoms with Crippen molar-refractivity contribution in [3.05, 3.63) is 37.9 Å². The molecule has 0 bridgehead atoms.